The molecule has 27 heavy (non-hydrogen) atoms. The maximum absolute atomic E-state index is 13.2. The molecule has 2 aliphatic rings. The summed E-state index contributed by atoms with van der Waals surface area (Å²) in [4.78, 5) is 23.0. The van der Waals surface area contributed by atoms with Crippen molar-refractivity contribution in [2.24, 2.45) is 0 Å². The molecule has 2 fully saturated rings. The summed E-state index contributed by atoms with van der Waals surface area (Å²) in [6, 6.07) is 13.1. The lowest BCUT2D eigenvalue weighted by Gasteiger charge is -2.39. The summed E-state index contributed by atoms with van der Waals surface area (Å²) < 4.78 is 13.2. The molecule has 1 amide bonds. The molecule has 0 aliphatic carbocycles. The van der Waals surface area contributed by atoms with Gasteiger partial charge in [0.2, 0.25) is 0 Å². The number of aromatic nitrogens is 2. The van der Waals surface area contributed by atoms with Crippen LogP contribution in [0.1, 0.15) is 53.3 Å². The molecule has 3 atom stereocenters. The van der Waals surface area contributed by atoms with Crippen molar-refractivity contribution < 1.29 is 9.18 Å². The number of aryl methyl sites for hydroxylation is 1. The van der Waals surface area contributed by atoms with E-state index in [9.17, 15) is 9.18 Å². The van der Waals surface area contributed by atoms with E-state index < -0.39 is 0 Å². The number of benzene rings is 2. The zero-order chi connectivity index (χ0) is 18.5. The van der Waals surface area contributed by atoms with Crippen molar-refractivity contribution >= 4 is 16.9 Å². The quantitative estimate of drug-likeness (QED) is 0.725. The number of fused-ring (bicyclic) bond motifs is 3. The molecule has 3 heterocycles. The topological polar surface area (TPSA) is 49.0 Å². The second-order valence-electron chi connectivity index (χ2n) is 7.87. The highest BCUT2D eigenvalue weighted by molar-refractivity contribution is 5.98. The minimum absolute atomic E-state index is 0.120. The van der Waals surface area contributed by atoms with Gasteiger partial charge in [0, 0.05) is 17.6 Å². The lowest BCUT2D eigenvalue weighted by Crippen LogP contribution is -2.46. The third-order valence-electron chi connectivity index (χ3n) is 6.16. The van der Waals surface area contributed by atoms with E-state index in [2.05, 4.69) is 14.9 Å². The smallest absolute Gasteiger partial charge is 0.254 e. The van der Waals surface area contributed by atoms with Crippen LogP contribution in [0.5, 0.6) is 0 Å². The van der Waals surface area contributed by atoms with Crippen molar-refractivity contribution in [2.75, 3.05) is 0 Å². The molecule has 5 rings (SSSR count). The summed E-state index contributed by atoms with van der Waals surface area (Å²) in [7, 11) is 0. The fourth-order valence-electron chi connectivity index (χ4n) is 4.94. The minimum Gasteiger partial charge on any atom is -0.342 e. The van der Waals surface area contributed by atoms with E-state index >= 15 is 0 Å². The van der Waals surface area contributed by atoms with Crippen molar-refractivity contribution in [3.05, 3.63) is 65.2 Å². The van der Waals surface area contributed by atoms with Crippen LogP contribution in [-0.4, -0.2) is 32.9 Å². The number of nitrogens with one attached hydrogen (secondary N) is 1. The zero-order valence-corrected chi connectivity index (χ0v) is 15.3. The van der Waals surface area contributed by atoms with Crippen molar-refractivity contribution in [2.45, 2.75) is 50.6 Å². The zero-order valence-electron chi connectivity index (χ0n) is 15.3. The average molecular weight is 363 g/mol. The van der Waals surface area contributed by atoms with Crippen LogP contribution >= 0.6 is 0 Å². The van der Waals surface area contributed by atoms with Gasteiger partial charge in [-0.25, -0.2) is 9.37 Å². The Morgan fingerprint density at radius 1 is 1.11 bits per heavy atom. The normalized spacial score (nSPS) is 24.5. The number of amides is 1. The Kier molecular flexibility index (Phi) is 3.78. The van der Waals surface area contributed by atoms with Gasteiger partial charge in [0.15, 0.2) is 0 Å². The van der Waals surface area contributed by atoms with Crippen molar-refractivity contribution in [3.8, 4) is 0 Å². The molecule has 2 bridgehead atoms. The number of piperidine rings is 1. The summed E-state index contributed by atoms with van der Waals surface area (Å²) in [5.74, 6) is 1.19. The molecule has 1 aromatic heterocycles. The molecular weight excluding hydrogens is 341 g/mol. The van der Waals surface area contributed by atoms with Gasteiger partial charge in [0.1, 0.15) is 11.6 Å². The second kappa shape index (κ2) is 6.19. The average Bonchev–Trinajstić information content (AvgIpc) is 3.16. The molecule has 2 saturated heterocycles. The highest BCUT2D eigenvalue weighted by atomic mass is 19.1. The monoisotopic (exact) mass is 363 g/mol. The summed E-state index contributed by atoms with van der Waals surface area (Å²) >= 11 is 0. The molecule has 2 aliphatic heterocycles. The van der Waals surface area contributed by atoms with Crippen LogP contribution in [0.15, 0.2) is 42.5 Å². The first-order chi connectivity index (χ1) is 13.1. The lowest BCUT2D eigenvalue weighted by atomic mass is 9.85. The van der Waals surface area contributed by atoms with Crippen LogP contribution in [0.4, 0.5) is 4.39 Å². The summed E-state index contributed by atoms with van der Waals surface area (Å²) in [6.07, 6.45) is 4.03. The fraction of sp³-hybridized carbons (Fsp3) is 0.364. The molecule has 3 aromatic rings. The number of hydrogen-bond acceptors (Lipinski definition) is 2. The number of hydrogen-bond donors (Lipinski definition) is 1. The van der Waals surface area contributed by atoms with E-state index in [0.717, 1.165) is 48.1 Å². The van der Waals surface area contributed by atoms with Gasteiger partial charge in [-0.05, 0) is 74.4 Å². The third kappa shape index (κ3) is 2.82. The maximum Gasteiger partial charge on any atom is 0.254 e. The summed E-state index contributed by atoms with van der Waals surface area (Å²) in [5, 5.41) is 0. The second-order valence-corrected chi connectivity index (χ2v) is 7.87. The van der Waals surface area contributed by atoms with Crippen molar-refractivity contribution in [3.63, 3.8) is 0 Å². The number of carbonyl (C=O) groups is 1. The molecule has 1 N–H and O–H groups in total. The van der Waals surface area contributed by atoms with Crippen LogP contribution in [0.2, 0.25) is 0 Å². The first-order valence-electron chi connectivity index (χ1n) is 9.63. The van der Waals surface area contributed by atoms with Crippen molar-refractivity contribution in [1.29, 1.82) is 0 Å². The molecule has 0 saturated carbocycles. The van der Waals surface area contributed by atoms with Crippen LogP contribution in [0.3, 0.4) is 0 Å². The number of aromatic amines is 1. The Morgan fingerprint density at radius 2 is 1.81 bits per heavy atom. The number of nitrogens with zero attached hydrogens (tertiary/aromatic N) is 2. The maximum atomic E-state index is 13.2. The van der Waals surface area contributed by atoms with Gasteiger partial charge >= 0.3 is 0 Å². The standard InChI is InChI=1S/C22H22FN3O/c1-13-24-20-9-4-15(12-21(20)25-13)22(27)26-18-7-8-19(26)11-16(10-18)14-2-5-17(23)6-3-14/h2-6,9,12,16,18-19H,7-8,10-11H2,1H3,(H,24,25)/t16?,18-,19+. The molecule has 4 nitrogen and oxygen atoms in total. The molecule has 0 spiro atoms. The van der Waals surface area contributed by atoms with E-state index in [0.29, 0.717) is 5.92 Å². The molecule has 138 valence electrons. The van der Waals surface area contributed by atoms with Crippen LogP contribution in [0.25, 0.3) is 11.0 Å². The Balaban J connectivity index is 1.39. The predicted octanol–water partition coefficient (Wildman–Crippen LogP) is 4.56. The first kappa shape index (κ1) is 16.5. The molecular formula is C22H22FN3O. The Hall–Kier alpha value is -2.69. The SMILES string of the molecule is Cc1nc2ccc(C(=O)N3[C@@H]4CC[C@H]3CC(c3ccc(F)cc3)C4)cc2[nH]1. The first-order valence-corrected chi connectivity index (χ1v) is 9.63. The highest BCUT2D eigenvalue weighted by Crippen LogP contribution is 2.43. The summed E-state index contributed by atoms with van der Waals surface area (Å²) in [5.41, 5.74) is 3.71. The largest absolute Gasteiger partial charge is 0.342 e. The van der Waals surface area contributed by atoms with Crippen molar-refractivity contribution in [1.82, 2.24) is 14.9 Å². The van der Waals surface area contributed by atoms with Gasteiger partial charge in [0.05, 0.1) is 11.0 Å². The molecule has 2 aromatic carbocycles. The fourth-order valence-corrected chi connectivity index (χ4v) is 4.94. The van der Waals surface area contributed by atoms with Crippen LogP contribution < -0.4 is 0 Å². The van der Waals surface area contributed by atoms with Gasteiger partial charge in [0.25, 0.3) is 5.91 Å². The number of carbonyl (C=O) groups excluding carboxylic acids is 1. The predicted molar refractivity (Wildman–Crippen MR) is 102 cm³/mol. The third-order valence-corrected chi connectivity index (χ3v) is 6.16. The molecule has 5 heteroatoms. The lowest BCUT2D eigenvalue weighted by molar-refractivity contribution is 0.0571. The van der Waals surface area contributed by atoms with Crippen LogP contribution in [-0.2, 0) is 0 Å². The summed E-state index contributed by atoms with van der Waals surface area (Å²) in [6.45, 7) is 1.92. The molecule has 0 radical (unpaired) electrons. The highest BCUT2D eigenvalue weighted by Gasteiger charge is 2.43. The minimum atomic E-state index is -0.196. The van der Waals surface area contributed by atoms with Gasteiger partial charge in [-0.2, -0.15) is 0 Å². The van der Waals surface area contributed by atoms with Crippen LogP contribution in [0, 0.1) is 12.7 Å². The van der Waals surface area contributed by atoms with Gasteiger partial charge < -0.3 is 9.88 Å². The van der Waals surface area contributed by atoms with E-state index in [1.165, 1.54) is 17.7 Å². The van der Waals surface area contributed by atoms with E-state index in [1.54, 1.807) is 0 Å². The Bertz CT molecular complexity index is 996. The molecule has 1 unspecified atom stereocenters. The van der Waals surface area contributed by atoms with Gasteiger partial charge in [-0.15, -0.1) is 0 Å². The number of halogens is 1. The number of imidazole rings is 1. The van der Waals surface area contributed by atoms with E-state index in [-0.39, 0.29) is 23.8 Å². The van der Waals surface area contributed by atoms with E-state index in [4.69, 9.17) is 0 Å². The Labute approximate surface area is 157 Å². The Morgan fingerprint density at radius 3 is 2.52 bits per heavy atom. The number of rotatable bonds is 2. The van der Waals surface area contributed by atoms with Gasteiger partial charge in [-0.1, -0.05) is 12.1 Å². The van der Waals surface area contributed by atoms with E-state index in [1.807, 2.05) is 37.3 Å². The van der Waals surface area contributed by atoms with Gasteiger partial charge in [-0.3, -0.25) is 4.79 Å². The number of H-pyrrole nitrogens is 1.